The fourth-order valence-electron chi connectivity index (χ4n) is 4.75. The zero-order valence-electron chi connectivity index (χ0n) is 16.5. The molecule has 1 aromatic carbocycles. The van der Waals surface area contributed by atoms with E-state index in [1.54, 1.807) is 6.07 Å². The van der Waals surface area contributed by atoms with Gasteiger partial charge in [-0.05, 0) is 50.2 Å². The summed E-state index contributed by atoms with van der Waals surface area (Å²) < 4.78 is 23.9. The van der Waals surface area contributed by atoms with Crippen LogP contribution in [-0.2, 0) is 4.79 Å². The molecule has 1 heterocycles. The highest BCUT2D eigenvalue weighted by Gasteiger charge is 2.54. The van der Waals surface area contributed by atoms with E-state index in [1.807, 2.05) is 0 Å². The van der Waals surface area contributed by atoms with Gasteiger partial charge in [-0.2, -0.15) is 0 Å². The molecule has 0 radical (unpaired) electrons. The first-order valence-corrected chi connectivity index (χ1v) is 10.3. The summed E-state index contributed by atoms with van der Waals surface area (Å²) in [6.07, 6.45) is 5.24. The minimum atomic E-state index is -0.592. The van der Waals surface area contributed by atoms with Crippen LogP contribution in [0.15, 0.2) is 35.0 Å². The van der Waals surface area contributed by atoms with Gasteiger partial charge in [0.2, 0.25) is 5.76 Å². The van der Waals surface area contributed by atoms with Crippen molar-refractivity contribution in [3.05, 3.63) is 47.1 Å². The Morgan fingerprint density at radius 3 is 2.67 bits per heavy atom. The Hall–Kier alpha value is -2.61. The summed E-state index contributed by atoms with van der Waals surface area (Å²) in [6, 6.07) is 5.60. The molecule has 5 rings (SSSR count). The fraction of sp³-hybridized carbons (Fsp3) is 0.476. The van der Waals surface area contributed by atoms with Gasteiger partial charge in [-0.1, -0.05) is 23.7 Å². The van der Waals surface area contributed by atoms with Gasteiger partial charge in [-0.25, -0.2) is 4.39 Å². The van der Waals surface area contributed by atoms with Gasteiger partial charge >= 0.3 is 0 Å². The van der Waals surface area contributed by atoms with Gasteiger partial charge < -0.3 is 19.9 Å². The summed E-state index contributed by atoms with van der Waals surface area (Å²) in [4.78, 5) is 24.9. The summed E-state index contributed by atoms with van der Waals surface area (Å²) in [5.41, 5.74) is -0.627. The van der Waals surface area contributed by atoms with Gasteiger partial charge in [-0.3, -0.25) is 9.59 Å². The molecule has 2 aromatic rings. The van der Waals surface area contributed by atoms with Gasteiger partial charge in [0.15, 0.2) is 6.61 Å². The molecule has 2 amide bonds. The number of hydrogen-bond donors (Lipinski definition) is 2. The van der Waals surface area contributed by atoms with E-state index in [0.29, 0.717) is 0 Å². The van der Waals surface area contributed by atoms with Crippen molar-refractivity contribution >= 4 is 23.4 Å². The van der Waals surface area contributed by atoms with Crippen molar-refractivity contribution in [1.29, 1.82) is 0 Å². The number of aromatic nitrogens is 1. The molecule has 3 aliphatic carbocycles. The number of ether oxygens (including phenoxy) is 1. The van der Waals surface area contributed by atoms with Gasteiger partial charge in [0, 0.05) is 23.2 Å². The van der Waals surface area contributed by atoms with Crippen molar-refractivity contribution in [2.24, 2.45) is 5.92 Å². The van der Waals surface area contributed by atoms with Crippen molar-refractivity contribution in [2.45, 2.75) is 50.1 Å². The molecule has 0 aliphatic heterocycles. The number of fused-ring (bicyclic) bond motifs is 3. The standard InChI is InChI=1S/C21H23ClFN3O4/c1-13-11-20(25-18(27)12-29-14-2-3-15(22)16(23)10-14)5-7-21(13,8-6-20)26-19(28)17-4-9-24-30-17/h2-4,9-10,13H,5-8,11-12H2,1H3,(H,25,27)(H,26,28). The van der Waals surface area contributed by atoms with Crippen LogP contribution in [0.1, 0.15) is 49.6 Å². The second-order valence-corrected chi connectivity index (χ2v) is 8.69. The molecule has 30 heavy (non-hydrogen) atoms. The van der Waals surface area contributed by atoms with Crippen molar-refractivity contribution in [3.63, 3.8) is 0 Å². The number of nitrogens with zero attached hydrogens (tertiary/aromatic N) is 1. The smallest absolute Gasteiger partial charge is 0.290 e. The van der Waals surface area contributed by atoms with Crippen LogP contribution in [0.5, 0.6) is 5.75 Å². The van der Waals surface area contributed by atoms with E-state index in [0.717, 1.165) is 38.2 Å². The SMILES string of the molecule is CC1CC2(NC(=O)COc3ccc(Cl)c(F)c3)CCC1(NC(=O)c1ccno1)CC2. The lowest BCUT2D eigenvalue weighted by atomic mass is 9.56. The van der Waals surface area contributed by atoms with Gasteiger partial charge in [0.05, 0.1) is 11.2 Å². The van der Waals surface area contributed by atoms with Crippen molar-refractivity contribution in [1.82, 2.24) is 15.8 Å². The molecular formula is C21H23ClFN3O4. The molecule has 3 saturated carbocycles. The molecule has 2 N–H and O–H groups in total. The Kier molecular flexibility index (Phi) is 5.44. The average molecular weight is 436 g/mol. The Morgan fingerprint density at radius 2 is 2.03 bits per heavy atom. The molecule has 3 fully saturated rings. The third-order valence-corrected chi connectivity index (χ3v) is 6.74. The summed E-state index contributed by atoms with van der Waals surface area (Å²) in [6.45, 7) is 1.89. The maximum Gasteiger partial charge on any atom is 0.290 e. The van der Waals surface area contributed by atoms with Crippen molar-refractivity contribution < 1.29 is 23.2 Å². The highest BCUT2D eigenvalue weighted by Crippen LogP contribution is 2.50. The third-order valence-electron chi connectivity index (χ3n) is 6.43. The lowest BCUT2D eigenvalue weighted by Crippen LogP contribution is -2.67. The molecule has 0 saturated heterocycles. The molecule has 3 aliphatic rings. The van der Waals surface area contributed by atoms with Crippen LogP contribution in [0.25, 0.3) is 0 Å². The molecule has 2 bridgehead atoms. The average Bonchev–Trinajstić information content (AvgIpc) is 3.25. The van der Waals surface area contributed by atoms with Crippen LogP contribution >= 0.6 is 11.6 Å². The second-order valence-electron chi connectivity index (χ2n) is 8.29. The number of amides is 2. The van der Waals surface area contributed by atoms with E-state index in [9.17, 15) is 14.0 Å². The molecule has 160 valence electrons. The third kappa shape index (κ3) is 4.01. The van der Waals surface area contributed by atoms with Crippen molar-refractivity contribution in [3.8, 4) is 5.75 Å². The van der Waals surface area contributed by atoms with E-state index >= 15 is 0 Å². The van der Waals surface area contributed by atoms with Crippen LogP contribution in [0.3, 0.4) is 0 Å². The molecule has 1 unspecified atom stereocenters. The van der Waals surface area contributed by atoms with E-state index < -0.39 is 5.82 Å². The Bertz CT molecular complexity index is 942. The van der Waals surface area contributed by atoms with Crippen LogP contribution in [0.2, 0.25) is 5.02 Å². The van der Waals surface area contributed by atoms with Gasteiger partial charge in [0.25, 0.3) is 11.8 Å². The number of nitrogens with one attached hydrogen (secondary N) is 2. The van der Waals surface area contributed by atoms with Crippen LogP contribution in [-0.4, -0.2) is 34.7 Å². The molecule has 1 aromatic heterocycles. The molecule has 1 atom stereocenters. The van der Waals surface area contributed by atoms with E-state index in [-0.39, 0.29) is 51.9 Å². The quantitative estimate of drug-likeness (QED) is 0.724. The largest absolute Gasteiger partial charge is 0.484 e. The maximum absolute atomic E-state index is 13.5. The van der Waals surface area contributed by atoms with E-state index in [1.165, 1.54) is 18.3 Å². The number of carbonyl (C=O) groups excluding carboxylic acids is 2. The first-order valence-electron chi connectivity index (χ1n) is 9.93. The number of halogens is 2. The highest BCUT2D eigenvalue weighted by molar-refractivity contribution is 6.30. The monoisotopic (exact) mass is 435 g/mol. The molecule has 0 spiro atoms. The fourth-order valence-corrected chi connectivity index (χ4v) is 4.86. The van der Waals surface area contributed by atoms with Gasteiger partial charge in [-0.15, -0.1) is 0 Å². The first kappa shape index (κ1) is 20.7. The zero-order chi connectivity index (χ0) is 21.4. The molecule has 7 nitrogen and oxygen atoms in total. The maximum atomic E-state index is 13.5. The number of benzene rings is 1. The minimum Gasteiger partial charge on any atom is -0.484 e. The Balaban J connectivity index is 1.34. The predicted molar refractivity (Wildman–Crippen MR) is 107 cm³/mol. The Labute approximate surface area is 178 Å². The molecule has 9 heteroatoms. The van der Waals surface area contributed by atoms with E-state index in [2.05, 4.69) is 22.7 Å². The van der Waals surface area contributed by atoms with E-state index in [4.69, 9.17) is 20.9 Å². The minimum absolute atomic E-state index is 0.00275. The Morgan fingerprint density at radius 1 is 1.27 bits per heavy atom. The van der Waals surface area contributed by atoms with Crippen LogP contribution in [0.4, 0.5) is 4.39 Å². The zero-order valence-corrected chi connectivity index (χ0v) is 17.3. The highest BCUT2D eigenvalue weighted by atomic mass is 35.5. The number of rotatable bonds is 6. The van der Waals surface area contributed by atoms with Gasteiger partial charge in [0.1, 0.15) is 11.6 Å². The summed E-state index contributed by atoms with van der Waals surface area (Å²) >= 11 is 5.65. The van der Waals surface area contributed by atoms with Crippen LogP contribution in [0, 0.1) is 11.7 Å². The molecular weight excluding hydrogens is 413 g/mol. The first-order chi connectivity index (χ1) is 14.3. The predicted octanol–water partition coefficient (Wildman–Crippen LogP) is 3.48. The lowest BCUT2D eigenvalue weighted by Gasteiger charge is -2.57. The lowest BCUT2D eigenvalue weighted by molar-refractivity contribution is -0.127. The number of hydrogen-bond acceptors (Lipinski definition) is 5. The summed E-state index contributed by atoms with van der Waals surface area (Å²) in [7, 11) is 0. The summed E-state index contributed by atoms with van der Waals surface area (Å²) in [5.74, 6) is -0.481. The van der Waals surface area contributed by atoms with Crippen molar-refractivity contribution in [2.75, 3.05) is 6.61 Å². The second kappa shape index (κ2) is 7.91. The number of carbonyl (C=O) groups is 2. The summed E-state index contributed by atoms with van der Waals surface area (Å²) in [5, 5.41) is 9.85. The topological polar surface area (TPSA) is 93.5 Å². The van der Waals surface area contributed by atoms with Crippen LogP contribution < -0.4 is 15.4 Å². The normalized spacial score (nSPS) is 27.5.